The smallest absolute Gasteiger partial charge is 0.124 e. The molecule has 1 fully saturated rings. The van der Waals surface area contributed by atoms with Crippen molar-refractivity contribution in [1.82, 2.24) is 10.2 Å². The SMILES string of the molecule is CCCCN1CCC(NC(C)c2ccc(F)cc2Br)CC1. The number of hydrogen-bond acceptors (Lipinski definition) is 2. The maximum absolute atomic E-state index is 13.2. The first-order chi connectivity index (χ1) is 10.1. The number of nitrogens with one attached hydrogen (secondary N) is 1. The van der Waals surface area contributed by atoms with Crippen LogP contribution in [-0.4, -0.2) is 30.6 Å². The van der Waals surface area contributed by atoms with Crippen molar-refractivity contribution >= 4 is 15.9 Å². The molecule has 2 nitrogen and oxygen atoms in total. The summed E-state index contributed by atoms with van der Waals surface area (Å²) in [5.41, 5.74) is 1.13. The van der Waals surface area contributed by atoms with Crippen molar-refractivity contribution in [2.24, 2.45) is 0 Å². The van der Waals surface area contributed by atoms with Gasteiger partial charge in [-0.2, -0.15) is 0 Å². The molecule has 1 heterocycles. The molecule has 0 amide bonds. The lowest BCUT2D eigenvalue weighted by Gasteiger charge is -2.34. The molecule has 0 aromatic heterocycles. The second-order valence-electron chi connectivity index (χ2n) is 6.02. The summed E-state index contributed by atoms with van der Waals surface area (Å²) in [5, 5.41) is 3.69. The minimum Gasteiger partial charge on any atom is -0.307 e. The topological polar surface area (TPSA) is 15.3 Å². The zero-order valence-electron chi connectivity index (χ0n) is 13.0. The van der Waals surface area contributed by atoms with Crippen molar-refractivity contribution in [2.75, 3.05) is 19.6 Å². The van der Waals surface area contributed by atoms with Gasteiger partial charge in [-0.05, 0) is 63.5 Å². The van der Waals surface area contributed by atoms with Gasteiger partial charge in [0.2, 0.25) is 0 Å². The van der Waals surface area contributed by atoms with E-state index in [0.717, 1.165) is 10.0 Å². The van der Waals surface area contributed by atoms with E-state index in [2.05, 4.69) is 40.0 Å². The zero-order valence-corrected chi connectivity index (χ0v) is 14.6. The van der Waals surface area contributed by atoms with Gasteiger partial charge >= 0.3 is 0 Å². The number of benzene rings is 1. The number of unbranched alkanes of at least 4 members (excludes halogenated alkanes) is 1. The summed E-state index contributed by atoms with van der Waals surface area (Å²) in [6.45, 7) is 8.02. The third-order valence-corrected chi connectivity index (χ3v) is 5.02. The lowest BCUT2D eigenvalue weighted by Crippen LogP contribution is -2.43. The summed E-state index contributed by atoms with van der Waals surface area (Å²) in [5.74, 6) is -0.193. The molecule has 0 spiro atoms. The molecule has 1 saturated heterocycles. The van der Waals surface area contributed by atoms with Crippen LogP contribution in [0.1, 0.15) is 51.1 Å². The molecule has 0 aliphatic carbocycles. The largest absolute Gasteiger partial charge is 0.307 e. The fourth-order valence-corrected chi connectivity index (χ4v) is 3.70. The van der Waals surface area contributed by atoms with Crippen molar-refractivity contribution in [3.8, 4) is 0 Å². The van der Waals surface area contributed by atoms with Crippen LogP contribution in [0.4, 0.5) is 4.39 Å². The minimum atomic E-state index is -0.193. The van der Waals surface area contributed by atoms with Crippen LogP contribution in [0.2, 0.25) is 0 Å². The van der Waals surface area contributed by atoms with Crippen LogP contribution in [0, 0.1) is 5.82 Å². The molecular formula is C17H26BrFN2. The summed E-state index contributed by atoms with van der Waals surface area (Å²) < 4.78 is 14.0. The van der Waals surface area contributed by atoms with E-state index in [-0.39, 0.29) is 11.9 Å². The van der Waals surface area contributed by atoms with Crippen LogP contribution in [0.15, 0.2) is 22.7 Å². The summed E-state index contributed by atoms with van der Waals surface area (Å²) in [6.07, 6.45) is 4.98. The number of nitrogens with zero attached hydrogens (tertiary/aromatic N) is 1. The Labute approximate surface area is 136 Å². The fraction of sp³-hybridized carbons (Fsp3) is 0.647. The van der Waals surface area contributed by atoms with E-state index in [0.29, 0.717) is 6.04 Å². The van der Waals surface area contributed by atoms with E-state index in [1.165, 1.54) is 51.4 Å². The Bertz CT molecular complexity index is 444. The van der Waals surface area contributed by atoms with Crippen LogP contribution in [0.3, 0.4) is 0 Å². The van der Waals surface area contributed by atoms with Crippen LogP contribution in [-0.2, 0) is 0 Å². The van der Waals surface area contributed by atoms with Gasteiger partial charge in [0.05, 0.1) is 0 Å². The summed E-state index contributed by atoms with van der Waals surface area (Å²) in [6, 6.07) is 5.75. The molecule has 1 aromatic rings. The summed E-state index contributed by atoms with van der Waals surface area (Å²) in [4.78, 5) is 2.57. The Morgan fingerprint density at radius 1 is 1.38 bits per heavy atom. The van der Waals surface area contributed by atoms with Crippen molar-refractivity contribution in [1.29, 1.82) is 0 Å². The summed E-state index contributed by atoms with van der Waals surface area (Å²) >= 11 is 3.46. The second kappa shape index (κ2) is 8.25. The highest BCUT2D eigenvalue weighted by molar-refractivity contribution is 9.10. The van der Waals surface area contributed by atoms with Crippen molar-refractivity contribution in [2.45, 2.75) is 51.6 Å². The van der Waals surface area contributed by atoms with Gasteiger partial charge in [0, 0.05) is 16.6 Å². The Kier molecular flexibility index (Phi) is 6.65. The molecule has 1 unspecified atom stereocenters. The van der Waals surface area contributed by atoms with Crippen LogP contribution in [0.25, 0.3) is 0 Å². The summed E-state index contributed by atoms with van der Waals surface area (Å²) in [7, 11) is 0. The predicted octanol–water partition coefficient (Wildman–Crippen LogP) is 4.50. The molecular weight excluding hydrogens is 331 g/mol. The lowest BCUT2D eigenvalue weighted by molar-refractivity contribution is 0.190. The number of halogens is 2. The van der Waals surface area contributed by atoms with Gasteiger partial charge in [0.1, 0.15) is 5.82 Å². The molecule has 0 bridgehead atoms. The predicted molar refractivity (Wildman–Crippen MR) is 90.0 cm³/mol. The lowest BCUT2D eigenvalue weighted by atomic mass is 10.0. The van der Waals surface area contributed by atoms with Crippen LogP contribution in [0.5, 0.6) is 0 Å². The second-order valence-corrected chi connectivity index (χ2v) is 6.88. The average molecular weight is 357 g/mol. The monoisotopic (exact) mass is 356 g/mol. The maximum atomic E-state index is 13.2. The molecule has 1 aromatic carbocycles. The van der Waals surface area contributed by atoms with Gasteiger partial charge in [-0.25, -0.2) is 4.39 Å². The molecule has 1 aliphatic rings. The molecule has 2 rings (SSSR count). The minimum absolute atomic E-state index is 0.193. The first-order valence-corrected chi connectivity index (χ1v) is 8.82. The Balaban J connectivity index is 1.82. The Hall–Kier alpha value is -0.450. The molecule has 0 saturated carbocycles. The van der Waals surface area contributed by atoms with E-state index in [4.69, 9.17) is 0 Å². The quantitative estimate of drug-likeness (QED) is 0.806. The first-order valence-electron chi connectivity index (χ1n) is 8.03. The van der Waals surface area contributed by atoms with Crippen LogP contribution >= 0.6 is 15.9 Å². The van der Waals surface area contributed by atoms with Gasteiger partial charge in [0.15, 0.2) is 0 Å². The molecule has 1 N–H and O–H groups in total. The van der Waals surface area contributed by atoms with Gasteiger partial charge in [-0.3, -0.25) is 0 Å². The Morgan fingerprint density at radius 2 is 2.10 bits per heavy atom. The van der Waals surface area contributed by atoms with E-state index in [1.807, 2.05) is 6.07 Å². The number of likely N-dealkylation sites (tertiary alicyclic amines) is 1. The number of piperidine rings is 1. The highest BCUT2D eigenvalue weighted by atomic mass is 79.9. The van der Waals surface area contributed by atoms with Gasteiger partial charge < -0.3 is 10.2 Å². The van der Waals surface area contributed by atoms with E-state index in [1.54, 1.807) is 6.07 Å². The van der Waals surface area contributed by atoms with Gasteiger partial charge in [-0.1, -0.05) is 35.3 Å². The molecule has 0 radical (unpaired) electrons. The van der Waals surface area contributed by atoms with Gasteiger partial charge in [0.25, 0.3) is 0 Å². The first kappa shape index (κ1) is 16.9. The van der Waals surface area contributed by atoms with Gasteiger partial charge in [-0.15, -0.1) is 0 Å². The fourth-order valence-electron chi connectivity index (χ4n) is 3.00. The average Bonchev–Trinajstić information content (AvgIpc) is 2.46. The van der Waals surface area contributed by atoms with Crippen molar-refractivity contribution in [3.05, 3.63) is 34.1 Å². The van der Waals surface area contributed by atoms with Crippen molar-refractivity contribution in [3.63, 3.8) is 0 Å². The molecule has 1 aliphatic heterocycles. The molecule has 118 valence electrons. The number of hydrogen-bond donors (Lipinski definition) is 1. The Morgan fingerprint density at radius 3 is 2.71 bits per heavy atom. The molecule has 21 heavy (non-hydrogen) atoms. The molecule has 4 heteroatoms. The number of rotatable bonds is 6. The van der Waals surface area contributed by atoms with E-state index < -0.39 is 0 Å². The zero-order chi connectivity index (χ0) is 15.2. The van der Waals surface area contributed by atoms with E-state index in [9.17, 15) is 4.39 Å². The van der Waals surface area contributed by atoms with Crippen LogP contribution < -0.4 is 5.32 Å². The van der Waals surface area contributed by atoms with Crippen molar-refractivity contribution < 1.29 is 4.39 Å². The standard InChI is InChI=1S/C17H26BrFN2/c1-3-4-9-21-10-7-15(8-11-21)20-13(2)16-6-5-14(19)12-17(16)18/h5-6,12-13,15,20H,3-4,7-11H2,1-2H3. The maximum Gasteiger partial charge on any atom is 0.124 e. The van der Waals surface area contributed by atoms with E-state index >= 15 is 0 Å². The third kappa shape index (κ3) is 5.04. The molecule has 1 atom stereocenters. The highest BCUT2D eigenvalue weighted by Crippen LogP contribution is 2.25. The third-order valence-electron chi connectivity index (χ3n) is 4.33. The highest BCUT2D eigenvalue weighted by Gasteiger charge is 2.21. The normalized spacial score (nSPS) is 18.9.